The van der Waals surface area contributed by atoms with Crippen molar-refractivity contribution in [3.63, 3.8) is 0 Å². The lowest BCUT2D eigenvalue weighted by Crippen LogP contribution is -2.27. The second-order valence-electron chi connectivity index (χ2n) is 4.96. The largest absolute Gasteiger partial charge is 0.395 e. The van der Waals surface area contributed by atoms with E-state index in [1.165, 1.54) is 23.2 Å². The molecule has 0 unspecified atom stereocenters. The zero-order valence-electron chi connectivity index (χ0n) is 12.6. The van der Waals surface area contributed by atoms with Crippen LogP contribution in [0, 0.1) is 6.92 Å². The molecule has 0 saturated heterocycles. The van der Waals surface area contributed by atoms with Crippen molar-refractivity contribution in [2.75, 3.05) is 31.1 Å². The van der Waals surface area contributed by atoms with Gasteiger partial charge in [-0.1, -0.05) is 26.3 Å². The van der Waals surface area contributed by atoms with Gasteiger partial charge >= 0.3 is 0 Å². The molecule has 1 aromatic carbocycles. The van der Waals surface area contributed by atoms with Crippen molar-refractivity contribution in [1.29, 1.82) is 0 Å². The highest BCUT2D eigenvalue weighted by Gasteiger charge is 2.07. The number of nitrogens with zero attached hydrogens (tertiary/aromatic N) is 1. The fourth-order valence-corrected chi connectivity index (χ4v) is 2.17. The molecule has 0 heterocycles. The summed E-state index contributed by atoms with van der Waals surface area (Å²) in [6, 6.07) is 6.60. The highest BCUT2D eigenvalue weighted by atomic mass is 16.3. The monoisotopic (exact) mass is 264 g/mol. The van der Waals surface area contributed by atoms with E-state index in [4.69, 9.17) is 0 Å². The Labute approximate surface area is 117 Å². The number of anilines is 1. The van der Waals surface area contributed by atoms with Crippen molar-refractivity contribution in [2.45, 2.75) is 40.2 Å². The third kappa shape index (κ3) is 5.21. The summed E-state index contributed by atoms with van der Waals surface area (Å²) < 4.78 is 0. The number of nitrogens with one attached hydrogen (secondary N) is 1. The number of benzene rings is 1. The summed E-state index contributed by atoms with van der Waals surface area (Å²) >= 11 is 0. The van der Waals surface area contributed by atoms with E-state index in [0.717, 1.165) is 26.1 Å². The molecule has 108 valence electrons. The molecule has 0 aromatic heterocycles. The average Bonchev–Trinajstić information content (AvgIpc) is 2.42. The normalized spacial score (nSPS) is 10.7. The lowest BCUT2D eigenvalue weighted by molar-refractivity contribution is 0.301. The fourth-order valence-electron chi connectivity index (χ4n) is 2.17. The molecule has 2 N–H and O–H groups in total. The van der Waals surface area contributed by atoms with E-state index >= 15 is 0 Å². The van der Waals surface area contributed by atoms with Gasteiger partial charge in [-0.25, -0.2) is 0 Å². The predicted molar refractivity (Wildman–Crippen MR) is 82.8 cm³/mol. The number of rotatable bonds is 9. The lowest BCUT2D eigenvalue weighted by Gasteiger charge is -2.24. The van der Waals surface area contributed by atoms with Gasteiger partial charge in [0.2, 0.25) is 0 Å². The van der Waals surface area contributed by atoms with Crippen molar-refractivity contribution in [3.05, 3.63) is 29.3 Å². The molecule has 0 amide bonds. The first kappa shape index (κ1) is 16.0. The van der Waals surface area contributed by atoms with E-state index in [1.807, 2.05) is 0 Å². The van der Waals surface area contributed by atoms with Crippen molar-refractivity contribution < 1.29 is 5.11 Å². The quantitative estimate of drug-likeness (QED) is 0.720. The molecular weight excluding hydrogens is 236 g/mol. The molecule has 0 atom stereocenters. The Morgan fingerprint density at radius 3 is 2.58 bits per heavy atom. The Bertz CT molecular complexity index is 366. The van der Waals surface area contributed by atoms with Gasteiger partial charge in [-0.15, -0.1) is 0 Å². The van der Waals surface area contributed by atoms with E-state index in [1.54, 1.807) is 0 Å². The van der Waals surface area contributed by atoms with Gasteiger partial charge in [-0.2, -0.15) is 0 Å². The average molecular weight is 264 g/mol. The van der Waals surface area contributed by atoms with Gasteiger partial charge in [0.15, 0.2) is 0 Å². The topological polar surface area (TPSA) is 35.5 Å². The molecule has 0 radical (unpaired) electrons. The second kappa shape index (κ2) is 8.94. The first-order valence-corrected chi connectivity index (χ1v) is 7.39. The van der Waals surface area contributed by atoms with Gasteiger partial charge in [0, 0.05) is 25.3 Å². The van der Waals surface area contributed by atoms with Crippen LogP contribution in [0.25, 0.3) is 0 Å². The number of hydrogen-bond donors (Lipinski definition) is 2. The van der Waals surface area contributed by atoms with E-state index in [-0.39, 0.29) is 6.61 Å². The Balaban J connectivity index is 2.77. The van der Waals surface area contributed by atoms with E-state index in [9.17, 15) is 5.11 Å². The summed E-state index contributed by atoms with van der Waals surface area (Å²) in [5.41, 5.74) is 3.89. The highest BCUT2D eigenvalue weighted by Crippen LogP contribution is 2.19. The first-order chi connectivity index (χ1) is 9.22. The number of aryl methyl sites for hydroxylation is 1. The maximum atomic E-state index is 9.19. The third-order valence-corrected chi connectivity index (χ3v) is 3.41. The third-order valence-electron chi connectivity index (χ3n) is 3.41. The Hall–Kier alpha value is -1.06. The second-order valence-corrected chi connectivity index (χ2v) is 4.96. The molecule has 0 fully saturated rings. The zero-order valence-corrected chi connectivity index (χ0v) is 12.6. The summed E-state index contributed by atoms with van der Waals surface area (Å²) in [6.45, 7) is 10.3. The van der Waals surface area contributed by atoms with Crippen LogP contribution in [0.3, 0.4) is 0 Å². The van der Waals surface area contributed by atoms with Gasteiger partial charge < -0.3 is 15.3 Å². The van der Waals surface area contributed by atoms with Crippen molar-refractivity contribution in [3.8, 4) is 0 Å². The molecular formula is C16H28N2O. The summed E-state index contributed by atoms with van der Waals surface area (Å²) in [6.07, 6.45) is 2.34. The van der Waals surface area contributed by atoms with Crippen LogP contribution in [0.5, 0.6) is 0 Å². The van der Waals surface area contributed by atoms with Gasteiger partial charge in [0.25, 0.3) is 0 Å². The van der Waals surface area contributed by atoms with E-state index in [2.05, 4.69) is 49.2 Å². The van der Waals surface area contributed by atoms with Crippen LogP contribution in [-0.4, -0.2) is 31.3 Å². The first-order valence-electron chi connectivity index (χ1n) is 7.39. The van der Waals surface area contributed by atoms with Gasteiger partial charge in [-0.05, 0) is 43.1 Å². The van der Waals surface area contributed by atoms with Crippen LogP contribution in [0.4, 0.5) is 5.69 Å². The Morgan fingerprint density at radius 1 is 1.21 bits per heavy atom. The fraction of sp³-hybridized carbons (Fsp3) is 0.625. The molecule has 0 saturated carbocycles. The molecule has 0 aliphatic carbocycles. The summed E-state index contributed by atoms with van der Waals surface area (Å²) in [5.74, 6) is 0. The predicted octanol–water partition coefficient (Wildman–Crippen LogP) is 2.70. The number of aliphatic hydroxyl groups excluding tert-OH is 1. The van der Waals surface area contributed by atoms with Crippen LogP contribution in [0.1, 0.15) is 37.8 Å². The minimum Gasteiger partial charge on any atom is -0.395 e. The minimum atomic E-state index is 0.210. The van der Waals surface area contributed by atoms with Crippen molar-refractivity contribution in [1.82, 2.24) is 5.32 Å². The number of aliphatic hydroxyl groups is 1. The van der Waals surface area contributed by atoms with Crippen LogP contribution in [0.2, 0.25) is 0 Å². The zero-order chi connectivity index (χ0) is 14.1. The minimum absolute atomic E-state index is 0.210. The van der Waals surface area contributed by atoms with Crippen molar-refractivity contribution >= 4 is 5.69 Å². The molecule has 3 nitrogen and oxygen atoms in total. The van der Waals surface area contributed by atoms with Crippen LogP contribution < -0.4 is 10.2 Å². The smallest absolute Gasteiger partial charge is 0.0606 e. The molecule has 0 aliphatic rings. The van der Waals surface area contributed by atoms with E-state index in [0.29, 0.717) is 6.54 Å². The van der Waals surface area contributed by atoms with Crippen molar-refractivity contribution in [2.24, 2.45) is 0 Å². The molecule has 0 bridgehead atoms. The van der Waals surface area contributed by atoms with Gasteiger partial charge in [0.05, 0.1) is 6.61 Å². The molecule has 19 heavy (non-hydrogen) atoms. The lowest BCUT2D eigenvalue weighted by atomic mass is 10.1. The maximum absolute atomic E-state index is 9.19. The Morgan fingerprint density at radius 2 is 2.00 bits per heavy atom. The highest BCUT2D eigenvalue weighted by molar-refractivity contribution is 5.50. The number of hydrogen-bond acceptors (Lipinski definition) is 3. The molecule has 0 aliphatic heterocycles. The van der Waals surface area contributed by atoms with Gasteiger partial charge in [0.1, 0.15) is 0 Å². The summed E-state index contributed by atoms with van der Waals surface area (Å²) in [4.78, 5) is 2.27. The van der Waals surface area contributed by atoms with Crippen LogP contribution in [0.15, 0.2) is 18.2 Å². The van der Waals surface area contributed by atoms with Crippen LogP contribution >= 0.6 is 0 Å². The van der Waals surface area contributed by atoms with Crippen LogP contribution in [-0.2, 0) is 6.54 Å². The molecule has 3 heteroatoms. The molecule has 1 rings (SSSR count). The van der Waals surface area contributed by atoms with E-state index < -0.39 is 0 Å². The number of unbranched alkanes of at least 4 members (excludes halogenated alkanes) is 1. The maximum Gasteiger partial charge on any atom is 0.0606 e. The summed E-state index contributed by atoms with van der Waals surface area (Å²) in [5, 5.41) is 12.5. The molecule has 0 spiro atoms. The SMILES string of the molecule is CCCCN(CCO)c1ccc(CNCC)c(C)c1. The Kier molecular flexibility index (Phi) is 7.53. The van der Waals surface area contributed by atoms with Gasteiger partial charge in [-0.3, -0.25) is 0 Å². The molecule has 1 aromatic rings. The standard InChI is InChI=1S/C16H28N2O/c1-4-6-9-18(10-11-19)16-8-7-15(13-17-5-2)14(3)12-16/h7-8,12,17,19H,4-6,9-11,13H2,1-3H3. The summed E-state index contributed by atoms with van der Waals surface area (Å²) in [7, 11) is 0.